The van der Waals surface area contributed by atoms with Crippen molar-refractivity contribution in [3.8, 4) is 5.75 Å². The molecule has 0 unspecified atom stereocenters. The number of hydrogen-bond donors (Lipinski definition) is 5. The number of guanidine groups is 1. The first-order chi connectivity index (χ1) is 17.3. The van der Waals surface area contributed by atoms with E-state index in [-0.39, 0.29) is 46.9 Å². The molecule has 1 fully saturated rings. The van der Waals surface area contributed by atoms with Crippen LogP contribution in [0.2, 0.25) is 5.15 Å². The predicted octanol–water partition coefficient (Wildman–Crippen LogP) is 2.83. The number of aromatic nitrogens is 2. The van der Waals surface area contributed by atoms with Gasteiger partial charge in [-0.25, -0.2) is 9.97 Å². The maximum absolute atomic E-state index is 12.2. The first-order valence-corrected chi connectivity index (χ1v) is 12.3. The van der Waals surface area contributed by atoms with Crippen LogP contribution in [0.25, 0.3) is 0 Å². The number of amides is 1. The number of carbonyl (C=O) groups is 2. The number of rotatable bonds is 11. The van der Waals surface area contributed by atoms with Crippen molar-refractivity contribution in [3.63, 3.8) is 0 Å². The number of nitrogens with zero attached hydrogens (tertiary/aromatic N) is 2. The molecule has 1 saturated carbocycles. The average molecular weight is 518 g/mol. The monoisotopic (exact) mass is 517 g/mol. The van der Waals surface area contributed by atoms with Crippen LogP contribution in [0.3, 0.4) is 0 Å². The first-order valence-electron chi connectivity index (χ1n) is 12.0. The summed E-state index contributed by atoms with van der Waals surface area (Å²) in [7, 11) is 0. The molecule has 0 aliphatic heterocycles. The Morgan fingerprint density at radius 3 is 2.53 bits per heavy atom. The van der Waals surface area contributed by atoms with E-state index in [0.717, 1.165) is 50.5 Å². The summed E-state index contributed by atoms with van der Waals surface area (Å²) in [5.74, 6) is -0.605. The summed E-state index contributed by atoms with van der Waals surface area (Å²) in [6, 6.07) is 7.76. The summed E-state index contributed by atoms with van der Waals surface area (Å²) in [4.78, 5) is 31.6. The molecule has 12 heteroatoms. The zero-order chi connectivity index (χ0) is 25.9. The van der Waals surface area contributed by atoms with E-state index in [1.165, 1.54) is 0 Å². The third-order valence-corrected chi connectivity index (χ3v) is 5.93. The lowest BCUT2D eigenvalue weighted by Gasteiger charge is -2.12. The maximum atomic E-state index is 12.2. The largest absolute Gasteiger partial charge is 0.493 e. The van der Waals surface area contributed by atoms with E-state index < -0.39 is 5.91 Å². The van der Waals surface area contributed by atoms with E-state index in [2.05, 4.69) is 20.6 Å². The van der Waals surface area contributed by atoms with Crippen molar-refractivity contribution in [1.82, 2.24) is 20.6 Å². The SMILES string of the molecule is N=C(NCCCCc1ccc(OCCC(=O)OC2CCCC2)cc1)NC(=O)c1nc(Cl)c(N)nc1N. The summed E-state index contributed by atoms with van der Waals surface area (Å²) in [5, 5.41) is 12.9. The number of halogens is 1. The van der Waals surface area contributed by atoms with Crippen LogP contribution in [0, 0.1) is 5.41 Å². The highest BCUT2D eigenvalue weighted by Gasteiger charge is 2.19. The molecule has 36 heavy (non-hydrogen) atoms. The van der Waals surface area contributed by atoms with Crippen LogP contribution in [-0.2, 0) is 16.0 Å². The van der Waals surface area contributed by atoms with Gasteiger partial charge in [0.15, 0.2) is 28.4 Å². The van der Waals surface area contributed by atoms with Gasteiger partial charge in [0, 0.05) is 6.54 Å². The molecule has 11 nitrogen and oxygen atoms in total. The Hall–Kier alpha value is -3.60. The molecular weight excluding hydrogens is 486 g/mol. The van der Waals surface area contributed by atoms with Crippen molar-refractivity contribution in [2.45, 2.75) is 57.5 Å². The number of hydrogen-bond acceptors (Lipinski definition) is 9. The van der Waals surface area contributed by atoms with Gasteiger partial charge in [-0.15, -0.1) is 0 Å². The Bertz CT molecular complexity index is 1060. The van der Waals surface area contributed by atoms with Gasteiger partial charge >= 0.3 is 5.97 Å². The quantitative estimate of drug-likeness (QED) is 0.130. The van der Waals surface area contributed by atoms with E-state index in [1.54, 1.807) is 0 Å². The van der Waals surface area contributed by atoms with Crippen LogP contribution in [0.5, 0.6) is 5.75 Å². The number of nitrogen functional groups attached to an aromatic ring is 2. The molecule has 1 aromatic carbocycles. The van der Waals surface area contributed by atoms with E-state index in [1.807, 2.05) is 24.3 Å². The number of nitrogens with two attached hydrogens (primary N) is 2. The van der Waals surface area contributed by atoms with Crippen LogP contribution in [-0.4, -0.2) is 47.1 Å². The molecule has 1 aliphatic rings. The zero-order valence-corrected chi connectivity index (χ0v) is 20.8. The molecule has 1 aliphatic carbocycles. The fourth-order valence-electron chi connectivity index (χ4n) is 3.75. The van der Waals surface area contributed by atoms with Gasteiger partial charge < -0.3 is 26.3 Å². The molecular formula is C24H32ClN7O4. The minimum Gasteiger partial charge on any atom is -0.493 e. The van der Waals surface area contributed by atoms with Crippen molar-refractivity contribution in [1.29, 1.82) is 5.41 Å². The van der Waals surface area contributed by atoms with E-state index in [9.17, 15) is 9.59 Å². The lowest BCUT2D eigenvalue weighted by Crippen LogP contribution is -2.41. The molecule has 0 atom stereocenters. The summed E-state index contributed by atoms with van der Waals surface area (Å²) in [6.45, 7) is 0.796. The number of nitrogens with one attached hydrogen (secondary N) is 3. The Morgan fingerprint density at radius 1 is 1.08 bits per heavy atom. The smallest absolute Gasteiger partial charge is 0.309 e. The van der Waals surface area contributed by atoms with Crippen LogP contribution >= 0.6 is 11.6 Å². The van der Waals surface area contributed by atoms with Crippen LogP contribution in [0.1, 0.15) is 61.0 Å². The lowest BCUT2D eigenvalue weighted by molar-refractivity contribution is -0.149. The Kier molecular flexibility index (Phi) is 10.1. The number of ether oxygens (including phenoxy) is 2. The summed E-state index contributed by atoms with van der Waals surface area (Å²) in [5.41, 5.74) is 12.1. The van der Waals surface area contributed by atoms with Gasteiger partial charge in [-0.2, -0.15) is 0 Å². The highest BCUT2D eigenvalue weighted by molar-refractivity contribution is 6.31. The van der Waals surface area contributed by atoms with E-state index >= 15 is 0 Å². The van der Waals surface area contributed by atoms with Crippen molar-refractivity contribution < 1.29 is 19.1 Å². The van der Waals surface area contributed by atoms with Crippen molar-refractivity contribution in [2.75, 3.05) is 24.6 Å². The first kappa shape index (κ1) is 27.0. The number of anilines is 2. The predicted molar refractivity (Wildman–Crippen MR) is 137 cm³/mol. The Labute approximate surface area is 214 Å². The molecule has 7 N–H and O–H groups in total. The van der Waals surface area contributed by atoms with Crippen LogP contribution < -0.4 is 26.8 Å². The lowest BCUT2D eigenvalue weighted by atomic mass is 10.1. The van der Waals surface area contributed by atoms with Gasteiger partial charge in [-0.1, -0.05) is 23.7 Å². The van der Waals surface area contributed by atoms with E-state index in [4.69, 9.17) is 38.0 Å². The fraction of sp³-hybridized carbons (Fsp3) is 0.458. The van der Waals surface area contributed by atoms with Crippen molar-refractivity contribution in [3.05, 3.63) is 40.7 Å². The second-order valence-corrected chi connectivity index (χ2v) is 8.84. The molecule has 194 valence electrons. The number of esters is 1. The topological polar surface area (TPSA) is 178 Å². The van der Waals surface area contributed by atoms with Gasteiger partial charge in [0.1, 0.15) is 11.9 Å². The highest BCUT2D eigenvalue weighted by Crippen LogP contribution is 2.21. The summed E-state index contributed by atoms with van der Waals surface area (Å²) < 4.78 is 11.1. The van der Waals surface area contributed by atoms with Gasteiger partial charge in [0.25, 0.3) is 5.91 Å². The number of benzene rings is 1. The summed E-state index contributed by atoms with van der Waals surface area (Å²) >= 11 is 5.78. The van der Waals surface area contributed by atoms with Crippen LogP contribution in [0.4, 0.5) is 11.6 Å². The third kappa shape index (κ3) is 8.56. The molecule has 0 radical (unpaired) electrons. The number of aryl methyl sites for hydroxylation is 1. The second kappa shape index (κ2) is 13.5. The molecule has 1 amide bonds. The van der Waals surface area contributed by atoms with Gasteiger partial charge in [-0.05, 0) is 62.6 Å². The Balaban J connectivity index is 1.27. The molecule has 0 bridgehead atoms. The van der Waals surface area contributed by atoms with E-state index in [0.29, 0.717) is 18.9 Å². The highest BCUT2D eigenvalue weighted by atomic mass is 35.5. The molecule has 1 heterocycles. The fourth-order valence-corrected chi connectivity index (χ4v) is 3.88. The number of carbonyl (C=O) groups excluding carboxylic acids is 2. The van der Waals surface area contributed by atoms with Gasteiger partial charge in [0.05, 0.1) is 13.0 Å². The molecule has 3 rings (SSSR count). The maximum Gasteiger partial charge on any atom is 0.309 e. The Morgan fingerprint density at radius 2 is 1.81 bits per heavy atom. The average Bonchev–Trinajstić information content (AvgIpc) is 3.35. The molecule has 0 saturated heterocycles. The molecule has 0 spiro atoms. The minimum atomic E-state index is -0.701. The minimum absolute atomic E-state index is 0.0718. The third-order valence-electron chi connectivity index (χ3n) is 5.65. The second-order valence-electron chi connectivity index (χ2n) is 8.49. The zero-order valence-electron chi connectivity index (χ0n) is 20.0. The molecule has 2 aromatic rings. The van der Waals surface area contributed by atoms with Gasteiger partial charge in [-0.3, -0.25) is 20.3 Å². The number of unbranched alkanes of at least 4 members (excludes halogenated alkanes) is 1. The normalized spacial score (nSPS) is 13.2. The van der Waals surface area contributed by atoms with Crippen LogP contribution in [0.15, 0.2) is 24.3 Å². The van der Waals surface area contributed by atoms with Gasteiger partial charge in [0.2, 0.25) is 0 Å². The van der Waals surface area contributed by atoms with Crippen molar-refractivity contribution >= 4 is 41.1 Å². The molecule has 1 aromatic heterocycles. The standard InChI is InChI=1S/C24H32ClN7O4/c25-20-22(27)31-21(26)19(30-20)23(34)32-24(28)29-13-4-3-5-15-8-10-16(11-9-15)35-14-12-18(33)36-17-6-1-2-7-17/h8-11,17H,1-7,12-14H2,(H4,26,27,31)(H3,28,29,32,34). The van der Waals surface area contributed by atoms with Crippen molar-refractivity contribution in [2.24, 2.45) is 0 Å². The summed E-state index contributed by atoms with van der Waals surface area (Å²) in [6.07, 6.45) is 7.05.